The van der Waals surface area contributed by atoms with Crippen LogP contribution in [0.5, 0.6) is 5.75 Å². The van der Waals surface area contributed by atoms with E-state index in [0.29, 0.717) is 12.5 Å². The Kier molecular flexibility index (Phi) is 6.07. The maximum Gasteiger partial charge on any atom is 0.124 e. The van der Waals surface area contributed by atoms with E-state index in [1.807, 2.05) is 12.1 Å². The van der Waals surface area contributed by atoms with Gasteiger partial charge in [-0.15, -0.1) is 11.3 Å². The van der Waals surface area contributed by atoms with Crippen LogP contribution in [0.4, 0.5) is 0 Å². The summed E-state index contributed by atoms with van der Waals surface area (Å²) in [4.78, 5) is 1.22. The quantitative estimate of drug-likeness (QED) is 0.769. The van der Waals surface area contributed by atoms with Crippen LogP contribution < -0.4 is 10.1 Å². The van der Waals surface area contributed by atoms with E-state index in [0.717, 1.165) is 22.6 Å². The van der Waals surface area contributed by atoms with E-state index < -0.39 is 0 Å². The Bertz CT molecular complexity index is 539. The zero-order valence-corrected chi connectivity index (χ0v) is 14.3. The first-order chi connectivity index (χ1) is 9.65. The normalized spacial score (nSPS) is 11.0. The summed E-state index contributed by atoms with van der Waals surface area (Å²) in [6.07, 6.45) is 0. The number of rotatable bonds is 7. The third kappa shape index (κ3) is 4.93. The predicted octanol–water partition coefficient (Wildman–Crippen LogP) is 4.84. The maximum absolute atomic E-state index is 5.94. The molecule has 20 heavy (non-hydrogen) atoms. The zero-order valence-electron chi connectivity index (χ0n) is 11.9. The van der Waals surface area contributed by atoms with E-state index in [1.54, 1.807) is 11.3 Å². The molecule has 1 N–H and O–H groups in total. The minimum atomic E-state index is 0.622. The Hall–Kier alpha value is -0.840. The number of nitrogens with one attached hydrogen (secondary N) is 1. The molecule has 0 radical (unpaired) electrons. The molecule has 0 spiro atoms. The van der Waals surface area contributed by atoms with Crippen molar-refractivity contribution < 1.29 is 4.74 Å². The fourth-order valence-electron chi connectivity index (χ4n) is 1.86. The second-order valence-corrected chi connectivity index (χ2v) is 7.67. The molecule has 0 saturated carbocycles. The van der Waals surface area contributed by atoms with Gasteiger partial charge in [0.2, 0.25) is 0 Å². The van der Waals surface area contributed by atoms with E-state index >= 15 is 0 Å². The lowest BCUT2D eigenvalue weighted by molar-refractivity contribution is 0.305. The summed E-state index contributed by atoms with van der Waals surface area (Å²) in [6, 6.07) is 12.4. The van der Waals surface area contributed by atoms with Crippen LogP contribution in [0, 0.1) is 5.92 Å². The van der Waals surface area contributed by atoms with Gasteiger partial charge in [-0.25, -0.2) is 0 Å². The fraction of sp³-hybridized carbons (Fsp3) is 0.375. The Morgan fingerprint density at radius 2 is 2.00 bits per heavy atom. The highest BCUT2D eigenvalue weighted by atomic mass is 79.9. The summed E-state index contributed by atoms with van der Waals surface area (Å²) in [5.41, 5.74) is 1.21. The number of hydrogen-bond donors (Lipinski definition) is 1. The molecule has 108 valence electrons. The van der Waals surface area contributed by atoms with Gasteiger partial charge in [-0.3, -0.25) is 0 Å². The third-order valence-electron chi connectivity index (χ3n) is 2.84. The van der Waals surface area contributed by atoms with Gasteiger partial charge in [-0.2, -0.15) is 0 Å². The summed E-state index contributed by atoms with van der Waals surface area (Å²) in [5, 5.41) is 3.46. The minimum Gasteiger partial charge on any atom is -0.488 e. The first-order valence-corrected chi connectivity index (χ1v) is 8.41. The summed E-state index contributed by atoms with van der Waals surface area (Å²) in [5.74, 6) is 1.62. The number of hydrogen-bond acceptors (Lipinski definition) is 3. The monoisotopic (exact) mass is 353 g/mol. The molecule has 1 heterocycles. The van der Waals surface area contributed by atoms with Crippen LogP contribution in [-0.4, -0.2) is 6.54 Å². The van der Waals surface area contributed by atoms with Crippen LogP contribution >= 0.6 is 27.3 Å². The highest BCUT2D eigenvalue weighted by Crippen LogP contribution is 2.25. The molecular formula is C16H20BrNOS. The smallest absolute Gasteiger partial charge is 0.124 e. The van der Waals surface area contributed by atoms with Crippen molar-refractivity contribution in [2.75, 3.05) is 6.54 Å². The SMILES string of the molecule is CC(C)CNCc1ccccc1OCc1ccc(Br)s1. The van der Waals surface area contributed by atoms with Gasteiger partial charge in [-0.1, -0.05) is 32.0 Å². The average Bonchev–Trinajstić information content (AvgIpc) is 2.83. The Morgan fingerprint density at radius 3 is 2.70 bits per heavy atom. The average molecular weight is 354 g/mol. The molecule has 0 atom stereocenters. The standard InChI is InChI=1S/C16H20BrNOS/c1-12(2)9-18-10-13-5-3-4-6-15(13)19-11-14-7-8-16(17)20-14/h3-8,12,18H,9-11H2,1-2H3. The van der Waals surface area contributed by atoms with Gasteiger partial charge in [0.25, 0.3) is 0 Å². The van der Waals surface area contributed by atoms with Crippen molar-refractivity contribution in [3.05, 3.63) is 50.6 Å². The molecule has 2 aromatic rings. The molecule has 0 bridgehead atoms. The first kappa shape index (κ1) is 15.5. The molecule has 4 heteroatoms. The van der Waals surface area contributed by atoms with Crippen LogP contribution in [0.25, 0.3) is 0 Å². The summed E-state index contributed by atoms with van der Waals surface area (Å²) < 4.78 is 7.09. The van der Waals surface area contributed by atoms with Gasteiger partial charge in [0.05, 0.1) is 3.79 Å². The molecule has 1 aromatic heterocycles. The molecule has 2 rings (SSSR count). The third-order valence-corrected chi connectivity index (χ3v) is 4.44. The van der Waals surface area contributed by atoms with E-state index in [1.165, 1.54) is 10.4 Å². The van der Waals surface area contributed by atoms with Gasteiger partial charge >= 0.3 is 0 Å². The van der Waals surface area contributed by atoms with Gasteiger partial charge in [-0.05, 0) is 46.6 Å². The summed E-state index contributed by atoms with van der Waals surface area (Å²) in [7, 11) is 0. The topological polar surface area (TPSA) is 21.3 Å². The van der Waals surface area contributed by atoms with E-state index in [-0.39, 0.29) is 0 Å². The molecule has 0 aliphatic carbocycles. The van der Waals surface area contributed by atoms with E-state index in [9.17, 15) is 0 Å². The minimum absolute atomic E-state index is 0.622. The zero-order chi connectivity index (χ0) is 14.4. The molecule has 0 amide bonds. The number of thiophene rings is 1. The maximum atomic E-state index is 5.94. The van der Waals surface area contributed by atoms with Gasteiger partial charge in [0.15, 0.2) is 0 Å². The van der Waals surface area contributed by atoms with Gasteiger partial charge in [0, 0.05) is 17.0 Å². The molecule has 0 unspecified atom stereocenters. The Balaban J connectivity index is 1.93. The van der Waals surface area contributed by atoms with Crippen LogP contribution in [0.3, 0.4) is 0 Å². The molecule has 0 saturated heterocycles. The van der Waals surface area contributed by atoms with Crippen molar-refractivity contribution in [2.45, 2.75) is 27.0 Å². The lowest BCUT2D eigenvalue weighted by atomic mass is 10.2. The van der Waals surface area contributed by atoms with E-state index in [4.69, 9.17) is 4.74 Å². The highest BCUT2D eigenvalue weighted by molar-refractivity contribution is 9.11. The van der Waals surface area contributed by atoms with Crippen LogP contribution in [0.2, 0.25) is 0 Å². The first-order valence-electron chi connectivity index (χ1n) is 6.81. The van der Waals surface area contributed by atoms with Gasteiger partial charge in [0.1, 0.15) is 12.4 Å². The molecule has 2 nitrogen and oxygen atoms in total. The predicted molar refractivity (Wildman–Crippen MR) is 89.3 cm³/mol. The van der Waals surface area contributed by atoms with E-state index in [2.05, 4.69) is 59.4 Å². The van der Waals surface area contributed by atoms with Crippen molar-refractivity contribution in [1.29, 1.82) is 0 Å². The second kappa shape index (κ2) is 7.81. The molecule has 0 aliphatic rings. The molecule has 0 fully saturated rings. The Labute approximate surface area is 133 Å². The number of para-hydroxylation sites is 1. The van der Waals surface area contributed by atoms with Crippen LogP contribution in [-0.2, 0) is 13.2 Å². The molecule has 0 aliphatic heterocycles. The number of benzene rings is 1. The number of ether oxygens (including phenoxy) is 1. The number of halogens is 1. The Morgan fingerprint density at radius 1 is 1.20 bits per heavy atom. The lowest BCUT2D eigenvalue weighted by Crippen LogP contribution is -2.19. The highest BCUT2D eigenvalue weighted by Gasteiger charge is 2.05. The van der Waals surface area contributed by atoms with Crippen LogP contribution in [0.15, 0.2) is 40.2 Å². The van der Waals surface area contributed by atoms with Crippen molar-refractivity contribution in [3.8, 4) is 5.75 Å². The molecule has 1 aromatic carbocycles. The second-order valence-electron chi connectivity index (χ2n) is 5.13. The largest absolute Gasteiger partial charge is 0.488 e. The van der Waals surface area contributed by atoms with Crippen molar-refractivity contribution in [2.24, 2.45) is 5.92 Å². The lowest BCUT2D eigenvalue weighted by Gasteiger charge is -2.12. The summed E-state index contributed by atoms with van der Waals surface area (Å²) in [6.45, 7) is 6.92. The van der Waals surface area contributed by atoms with Crippen LogP contribution in [0.1, 0.15) is 24.3 Å². The van der Waals surface area contributed by atoms with Crippen molar-refractivity contribution >= 4 is 27.3 Å². The van der Waals surface area contributed by atoms with Gasteiger partial charge < -0.3 is 10.1 Å². The molecular weight excluding hydrogens is 334 g/mol. The summed E-state index contributed by atoms with van der Waals surface area (Å²) >= 11 is 5.18. The van der Waals surface area contributed by atoms with Crippen molar-refractivity contribution in [1.82, 2.24) is 5.32 Å². The fourth-order valence-corrected chi connectivity index (χ4v) is 3.26. The van der Waals surface area contributed by atoms with Crippen molar-refractivity contribution in [3.63, 3.8) is 0 Å².